The number of hydrogen-bond donors (Lipinski definition) is 1. The standard InChI is InChI=1S/C9H9ClN4.C2H6/c10-8-2-1-7(9(11)5-8)6-14-4-3-12-13-14;1-2/h1-5H,6,11H2;1-2H3. The SMILES string of the molecule is CC.Nc1cc(Cl)ccc1Cn1ccnn1. The van der Waals surface area contributed by atoms with Crippen molar-refractivity contribution in [1.82, 2.24) is 15.0 Å². The van der Waals surface area contributed by atoms with Gasteiger partial charge >= 0.3 is 0 Å². The molecule has 0 aliphatic heterocycles. The van der Waals surface area contributed by atoms with Crippen molar-refractivity contribution in [3.05, 3.63) is 41.2 Å². The lowest BCUT2D eigenvalue weighted by Crippen LogP contribution is -2.03. The second kappa shape index (κ2) is 6.12. The lowest BCUT2D eigenvalue weighted by Gasteiger charge is -2.05. The van der Waals surface area contributed by atoms with Crippen LogP contribution in [0.25, 0.3) is 0 Å². The monoisotopic (exact) mass is 238 g/mol. The molecule has 1 heterocycles. The molecule has 0 aliphatic carbocycles. The molecule has 2 aromatic rings. The van der Waals surface area contributed by atoms with Gasteiger partial charge in [-0.2, -0.15) is 0 Å². The number of nitrogens with zero attached hydrogens (tertiary/aromatic N) is 3. The quantitative estimate of drug-likeness (QED) is 0.819. The Hall–Kier alpha value is -1.55. The predicted molar refractivity (Wildman–Crippen MR) is 66.3 cm³/mol. The zero-order valence-electron chi connectivity index (χ0n) is 9.39. The van der Waals surface area contributed by atoms with Gasteiger partial charge in [0.2, 0.25) is 0 Å². The summed E-state index contributed by atoms with van der Waals surface area (Å²) in [7, 11) is 0. The fourth-order valence-corrected chi connectivity index (χ4v) is 1.38. The second-order valence-electron chi connectivity index (χ2n) is 2.94. The first kappa shape index (κ1) is 12.5. The molecule has 1 aromatic carbocycles. The van der Waals surface area contributed by atoms with Crippen LogP contribution in [0.2, 0.25) is 5.02 Å². The summed E-state index contributed by atoms with van der Waals surface area (Å²) in [4.78, 5) is 0. The van der Waals surface area contributed by atoms with Gasteiger partial charge in [0.25, 0.3) is 0 Å². The molecule has 0 saturated heterocycles. The number of aromatic nitrogens is 3. The molecule has 86 valence electrons. The van der Waals surface area contributed by atoms with E-state index in [2.05, 4.69) is 10.3 Å². The van der Waals surface area contributed by atoms with Crippen LogP contribution in [0.5, 0.6) is 0 Å². The fraction of sp³-hybridized carbons (Fsp3) is 0.273. The van der Waals surface area contributed by atoms with Crippen molar-refractivity contribution in [3.8, 4) is 0 Å². The van der Waals surface area contributed by atoms with Crippen molar-refractivity contribution in [3.63, 3.8) is 0 Å². The first-order valence-electron chi connectivity index (χ1n) is 5.14. The van der Waals surface area contributed by atoms with E-state index in [1.165, 1.54) is 0 Å². The lowest BCUT2D eigenvalue weighted by atomic mass is 10.2. The van der Waals surface area contributed by atoms with Crippen molar-refractivity contribution in [1.29, 1.82) is 0 Å². The molecule has 4 nitrogen and oxygen atoms in total. The summed E-state index contributed by atoms with van der Waals surface area (Å²) in [6.45, 7) is 4.61. The highest BCUT2D eigenvalue weighted by atomic mass is 35.5. The zero-order chi connectivity index (χ0) is 12.0. The van der Waals surface area contributed by atoms with Crippen LogP contribution in [0.1, 0.15) is 19.4 Å². The number of nitrogens with two attached hydrogens (primary N) is 1. The van der Waals surface area contributed by atoms with E-state index in [0.717, 1.165) is 5.56 Å². The Kier molecular flexibility index (Phi) is 4.79. The van der Waals surface area contributed by atoms with E-state index in [4.69, 9.17) is 17.3 Å². The van der Waals surface area contributed by atoms with E-state index in [1.807, 2.05) is 26.0 Å². The minimum Gasteiger partial charge on any atom is -0.398 e. The van der Waals surface area contributed by atoms with Crippen molar-refractivity contribution < 1.29 is 0 Å². The Morgan fingerprint density at radius 3 is 2.69 bits per heavy atom. The van der Waals surface area contributed by atoms with Crippen LogP contribution in [0.15, 0.2) is 30.6 Å². The maximum atomic E-state index is 5.79. The first-order valence-corrected chi connectivity index (χ1v) is 5.51. The van der Waals surface area contributed by atoms with E-state index in [1.54, 1.807) is 23.1 Å². The van der Waals surface area contributed by atoms with Gasteiger partial charge in [-0.25, -0.2) is 4.68 Å². The summed E-state index contributed by atoms with van der Waals surface area (Å²) >= 11 is 5.78. The largest absolute Gasteiger partial charge is 0.398 e. The zero-order valence-corrected chi connectivity index (χ0v) is 10.1. The van der Waals surface area contributed by atoms with Crippen molar-refractivity contribution in [2.45, 2.75) is 20.4 Å². The molecule has 0 unspecified atom stereocenters. The molecule has 2 N–H and O–H groups in total. The van der Waals surface area contributed by atoms with Crippen LogP contribution in [0.3, 0.4) is 0 Å². The third kappa shape index (κ3) is 3.24. The van der Waals surface area contributed by atoms with Crippen LogP contribution < -0.4 is 5.73 Å². The van der Waals surface area contributed by atoms with Gasteiger partial charge in [0.05, 0.1) is 12.7 Å². The maximum absolute atomic E-state index is 5.79. The van der Waals surface area contributed by atoms with Gasteiger partial charge in [0.15, 0.2) is 0 Å². The number of anilines is 1. The highest BCUT2D eigenvalue weighted by molar-refractivity contribution is 6.30. The summed E-state index contributed by atoms with van der Waals surface area (Å²) in [5.41, 5.74) is 7.45. The summed E-state index contributed by atoms with van der Waals surface area (Å²) < 4.78 is 1.71. The van der Waals surface area contributed by atoms with Gasteiger partial charge in [-0.05, 0) is 17.7 Å². The molecule has 0 bridgehead atoms. The molecule has 0 spiro atoms. The van der Waals surface area contributed by atoms with E-state index >= 15 is 0 Å². The molecule has 0 saturated carbocycles. The van der Waals surface area contributed by atoms with Gasteiger partial charge in [0.1, 0.15) is 0 Å². The summed E-state index contributed by atoms with van der Waals surface area (Å²) in [5.74, 6) is 0. The molecule has 1 aromatic heterocycles. The van der Waals surface area contributed by atoms with Crippen LogP contribution in [0, 0.1) is 0 Å². The van der Waals surface area contributed by atoms with Crippen LogP contribution in [-0.2, 0) is 6.54 Å². The minimum absolute atomic E-state index is 0.614. The Balaban J connectivity index is 0.000000606. The smallest absolute Gasteiger partial charge is 0.0697 e. The predicted octanol–water partition coefficient (Wildman–Crippen LogP) is 2.59. The van der Waals surface area contributed by atoms with Crippen LogP contribution in [0.4, 0.5) is 5.69 Å². The molecule has 2 rings (SSSR count). The van der Waals surface area contributed by atoms with Gasteiger partial charge in [-0.3, -0.25) is 0 Å². The van der Waals surface area contributed by atoms with Gasteiger partial charge in [0, 0.05) is 16.9 Å². The summed E-state index contributed by atoms with van der Waals surface area (Å²) in [6.07, 6.45) is 3.42. The first-order chi connectivity index (χ1) is 7.75. The summed E-state index contributed by atoms with van der Waals surface area (Å²) in [5, 5.41) is 8.21. The fourth-order valence-electron chi connectivity index (χ4n) is 1.20. The Labute approximate surface area is 100 Å². The Bertz CT molecular complexity index is 426. The van der Waals surface area contributed by atoms with Crippen molar-refractivity contribution in [2.75, 3.05) is 5.73 Å². The molecular weight excluding hydrogens is 224 g/mol. The van der Waals surface area contributed by atoms with E-state index in [9.17, 15) is 0 Å². The van der Waals surface area contributed by atoms with Crippen molar-refractivity contribution >= 4 is 17.3 Å². The summed E-state index contributed by atoms with van der Waals surface area (Å²) in [6, 6.07) is 5.43. The molecule has 5 heteroatoms. The van der Waals surface area contributed by atoms with E-state index in [-0.39, 0.29) is 0 Å². The lowest BCUT2D eigenvalue weighted by molar-refractivity contribution is 0.651. The maximum Gasteiger partial charge on any atom is 0.0697 e. The van der Waals surface area contributed by atoms with Gasteiger partial charge < -0.3 is 5.73 Å². The van der Waals surface area contributed by atoms with Crippen LogP contribution >= 0.6 is 11.6 Å². The number of rotatable bonds is 2. The van der Waals surface area contributed by atoms with Crippen molar-refractivity contribution in [2.24, 2.45) is 0 Å². The average molecular weight is 239 g/mol. The Morgan fingerprint density at radius 1 is 1.38 bits per heavy atom. The third-order valence-electron chi connectivity index (χ3n) is 1.91. The van der Waals surface area contributed by atoms with Gasteiger partial charge in [-0.1, -0.05) is 36.7 Å². The Morgan fingerprint density at radius 2 is 2.12 bits per heavy atom. The third-order valence-corrected chi connectivity index (χ3v) is 2.15. The normalized spacial score (nSPS) is 9.44. The molecule has 16 heavy (non-hydrogen) atoms. The van der Waals surface area contributed by atoms with E-state index < -0.39 is 0 Å². The van der Waals surface area contributed by atoms with Crippen LogP contribution in [-0.4, -0.2) is 15.0 Å². The highest BCUT2D eigenvalue weighted by Crippen LogP contribution is 2.18. The number of hydrogen-bond acceptors (Lipinski definition) is 3. The highest BCUT2D eigenvalue weighted by Gasteiger charge is 2.01. The minimum atomic E-state index is 0.614. The van der Waals surface area contributed by atoms with E-state index in [0.29, 0.717) is 17.3 Å². The molecule has 0 fully saturated rings. The van der Waals surface area contributed by atoms with Gasteiger partial charge in [-0.15, -0.1) is 5.10 Å². The molecule has 0 aliphatic rings. The molecule has 0 radical (unpaired) electrons. The molecule has 0 atom stereocenters. The molecular formula is C11H15ClN4. The number of nitrogen functional groups attached to an aromatic ring is 1. The number of benzene rings is 1. The topological polar surface area (TPSA) is 56.7 Å². The number of halogens is 1. The second-order valence-corrected chi connectivity index (χ2v) is 3.38. The molecule has 0 amide bonds. The average Bonchev–Trinajstić information content (AvgIpc) is 2.78.